The highest BCUT2D eigenvalue weighted by molar-refractivity contribution is 6.05. The van der Waals surface area contributed by atoms with Gasteiger partial charge in [0.05, 0.1) is 47.6 Å². The van der Waals surface area contributed by atoms with E-state index in [2.05, 4.69) is 36.5 Å². The summed E-state index contributed by atoms with van der Waals surface area (Å²) in [4.78, 5) is 79.8. The molecule has 72 heavy (non-hydrogen) atoms. The average Bonchev–Trinajstić information content (AvgIpc) is 3.95. The first kappa shape index (κ1) is 48.3. The van der Waals surface area contributed by atoms with Crippen LogP contribution in [0.5, 0.6) is 5.75 Å². The van der Waals surface area contributed by atoms with Crippen LogP contribution in [0, 0.1) is 28.9 Å². The molecule has 1 atom stereocenters. The first-order valence-corrected chi connectivity index (χ1v) is 24.9. The maximum atomic E-state index is 14.9. The third kappa shape index (κ3) is 10.1. The van der Waals surface area contributed by atoms with E-state index in [9.17, 15) is 38.0 Å². The first-order valence-electron chi connectivity index (χ1n) is 24.9. The molecule has 1 unspecified atom stereocenters. The quantitative estimate of drug-likeness (QED) is 0.157. The lowest BCUT2D eigenvalue weighted by atomic mass is 9.85. The van der Waals surface area contributed by atoms with Crippen molar-refractivity contribution in [2.45, 2.75) is 70.0 Å². The highest BCUT2D eigenvalue weighted by Crippen LogP contribution is 2.34. The van der Waals surface area contributed by atoms with Crippen LogP contribution in [0.25, 0.3) is 16.6 Å². The van der Waals surface area contributed by atoms with E-state index in [1.54, 1.807) is 23.0 Å². The van der Waals surface area contributed by atoms with Crippen LogP contribution in [-0.4, -0.2) is 147 Å². The number of nitriles is 1. The van der Waals surface area contributed by atoms with Crippen LogP contribution in [0.15, 0.2) is 73.2 Å². The van der Waals surface area contributed by atoms with Gasteiger partial charge in [0, 0.05) is 101 Å². The lowest BCUT2D eigenvalue weighted by Crippen LogP contribution is -2.62. The Labute approximate surface area is 415 Å². The maximum absolute atomic E-state index is 14.9. The van der Waals surface area contributed by atoms with Gasteiger partial charge in [0.15, 0.2) is 0 Å². The number of piperazine rings is 1. The molecule has 0 spiro atoms. The number of fused-ring (bicyclic) bond motifs is 2. The van der Waals surface area contributed by atoms with Crippen molar-refractivity contribution >= 4 is 40.9 Å². The van der Waals surface area contributed by atoms with Crippen LogP contribution in [0.1, 0.15) is 82.9 Å². The van der Waals surface area contributed by atoms with Gasteiger partial charge in [0.1, 0.15) is 35.3 Å². The number of likely N-dealkylation sites (tertiary alicyclic amines) is 1. The van der Waals surface area contributed by atoms with E-state index >= 15 is 0 Å². The second kappa shape index (κ2) is 20.4. The summed E-state index contributed by atoms with van der Waals surface area (Å²) in [5, 5.41) is 19.7. The predicted molar refractivity (Wildman–Crippen MR) is 261 cm³/mol. The van der Waals surface area contributed by atoms with E-state index in [0.29, 0.717) is 86.9 Å². The summed E-state index contributed by atoms with van der Waals surface area (Å²) in [6.07, 6.45) is 8.64. The summed E-state index contributed by atoms with van der Waals surface area (Å²) in [6.45, 7) is 9.77. The zero-order valence-electron chi connectivity index (χ0n) is 40.2. The molecule has 0 saturated carbocycles. The number of nitrogens with one attached hydrogen (secondary N) is 2. The molecule has 4 saturated heterocycles. The monoisotopic (exact) mass is 981 g/mol. The predicted octanol–water partition coefficient (Wildman–Crippen LogP) is 4.57. The number of piperidine rings is 3. The van der Waals surface area contributed by atoms with Crippen LogP contribution >= 0.6 is 0 Å². The molecule has 8 heterocycles. The number of nitrogens with zero attached hydrogens (tertiary/aromatic N) is 9. The Morgan fingerprint density at radius 1 is 0.903 bits per heavy atom. The molecule has 10 rings (SSSR count). The summed E-state index contributed by atoms with van der Waals surface area (Å²) in [6, 6.07) is 15.7. The van der Waals surface area contributed by atoms with Gasteiger partial charge in [0.2, 0.25) is 17.7 Å². The molecule has 2 aromatic carbocycles. The fourth-order valence-electron chi connectivity index (χ4n) is 11.2. The SMILES string of the molecule is CCOc1cc(-c2ccc(N3CCC(CN4CCN(CC5CCN(C(=O)Cc6ccc7c(c6)CN(C6CCC(=O)NC6=O)C7=O)CC5)CC4)(NC(=O)c4cc(F)ccc4F)CC3)nc2)c2c(C#N)cnn2c1. The van der Waals surface area contributed by atoms with Crippen LogP contribution in [-0.2, 0) is 27.3 Å². The normalized spacial score (nSPS) is 19.8. The molecule has 5 aromatic rings. The van der Waals surface area contributed by atoms with E-state index in [4.69, 9.17) is 9.72 Å². The van der Waals surface area contributed by atoms with Gasteiger partial charge in [-0.05, 0) is 98.5 Å². The lowest BCUT2D eigenvalue weighted by Gasteiger charge is -2.47. The van der Waals surface area contributed by atoms with Crippen molar-refractivity contribution in [1.82, 2.24) is 44.8 Å². The fraction of sp³-hybridized carbons (Fsp3) is 0.434. The zero-order chi connectivity index (χ0) is 50.1. The fourth-order valence-corrected chi connectivity index (χ4v) is 11.2. The molecule has 5 aliphatic heterocycles. The Balaban J connectivity index is 0.729. The Morgan fingerprint density at radius 3 is 2.40 bits per heavy atom. The molecule has 374 valence electrons. The molecule has 0 aliphatic carbocycles. The van der Waals surface area contributed by atoms with E-state index < -0.39 is 35.0 Å². The van der Waals surface area contributed by atoms with Crippen LogP contribution in [0.3, 0.4) is 0 Å². The first-order chi connectivity index (χ1) is 34.8. The highest BCUT2D eigenvalue weighted by Gasteiger charge is 2.41. The third-order valence-corrected chi connectivity index (χ3v) is 15.1. The number of imide groups is 1. The van der Waals surface area contributed by atoms with Gasteiger partial charge in [-0.2, -0.15) is 10.4 Å². The molecule has 2 N–H and O–H groups in total. The number of carbonyl (C=O) groups excluding carboxylic acids is 5. The van der Waals surface area contributed by atoms with Crippen molar-refractivity contribution in [1.29, 1.82) is 5.26 Å². The number of carbonyl (C=O) groups is 5. The van der Waals surface area contributed by atoms with Crippen molar-refractivity contribution in [3.63, 3.8) is 0 Å². The standard InChI is InChI=1S/C53H57F2N11O6/c1-2-72-40-26-42(49-38(27-56)29-58-66(49)32-40)36-4-9-46(57-28-36)63-17-13-53(14-18-63,60-50(69)43-25-39(54)5-7-44(43)55)33-62-21-19-61(20-22-62)30-34-11-15-64(16-12-34)48(68)24-35-3-6-41-37(23-35)31-65(52(41)71)45-8-10-47(67)59-51(45)70/h3-7,9,23,25-26,28-29,32,34,45H,2,8,10-22,24,30-31,33H2,1H3,(H,60,69)(H,59,67,70). The molecule has 19 heteroatoms. The second-order valence-corrected chi connectivity index (χ2v) is 19.7. The maximum Gasteiger partial charge on any atom is 0.255 e. The molecule has 17 nitrogen and oxygen atoms in total. The third-order valence-electron chi connectivity index (χ3n) is 15.1. The Bertz CT molecular complexity index is 2950. The van der Waals surface area contributed by atoms with Crippen LogP contribution in [0.2, 0.25) is 0 Å². The summed E-state index contributed by atoms with van der Waals surface area (Å²) in [7, 11) is 0. The van der Waals surface area contributed by atoms with Gasteiger partial charge >= 0.3 is 0 Å². The molecule has 5 amide bonds. The van der Waals surface area contributed by atoms with Gasteiger partial charge in [-0.3, -0.25) is 34.2 Å². The van der Waals surface area contributed by atoms with Gasteiger partial charge in [-0.1, -0.05) is 12.1 Å². The average molecular weight is 982 g/mol. The molecular formula is C53H57F2N11O6. The van der Waals surface area contributed by atoms with Gasteiger partial charge in [0.25, 0.3) is 11.8 Å². The topological polar surface area (TPSA) is 189 Å². The van der Waals surface area contributed by atoms with Crippen LogP contribution < -0.4 is 20.3 Å². The number of hydrogen-bond donors (Lipinski definition) is 2. The summed E-state index contributed by atoms with van der Waals surface area (Å²) in [5.74, 6) is -1.28. The number of aromatic nitrogens is 3. The second-order valence-electron chi connectivity index (χ2n) is 19.7. The largest absolute Gasteiger partial charge is 0.492 e. The molecule has 0 radical (unpaired) electrons. The van der Waals surface area contributed by atoms with E-state index in [-0.39, 0.29) is 42.7 Å². The van der Waals surface area contributed by atoms with E-state index in [0.717, 1.165) is 91.8 Å². The molecule has 0 bridgehead atoms. The molecule has 3 aromatic heterocycles. The van der Waals surface area contributed by atoms with E-state index in [1.807, 2.05) is 42.2 Å². The summed E-state index contributed by atoms with van der Waals surface area (Å²) < 4.78 is 36.7. The summed E-state index contributed by atoms with van der Waals surface area (Å²) >= 11 is 0. The summed E-state index contributed by atoms with van der Waals surface area (Å²) in [5.41, 5.74) is 3.75. The molecular weight excluding hydrogens is 925 g/mol. The van der Waals surface area contributed by atoms with Crippen molar-refractivity contribution in [3.8, 4) is 22.9 Å². The van der Waals surface area contributed by atoms with Crippen LogP contribution in [0.4, 0.5) is 14.6 Å². The van der Waals surface area contributed by atoms with Crippen molar-refractivity contribution in [3.05, 3.63) is 113 Å². The molecule has 4 fully saturated rings. The minimum atomic E-state index is -0.782. The van der Waals surface area contributed by atoms with Gasteiger partial charge in [-0.25, -0.2) is 18.3 Å². The van der Waals surface area contributed by atoms with Gasteiger partial charge < -0.3 is 29.7 Å². The Hall–Kier alpha value is -7.30. The highest BCUT2D eigenvalue weighted by atomic mass is 19.1. The Morgan fingerprint density at radius 2 is 1.68 bits per heavy atom. The van der Waals surface area contributed by atoms with Crippen molar-refractivity contribution < 1.29 is 37.5 Å². The number of benzene rings is 2. The zero-order valence-corrected chi connectivity index (χ0v) is 40.2. The number of anilines is 1. The lowest BCUT2D eigenvalue weighted by molar-refractivity contribution is -0.137. The van der Waals surface area contributed by atoms with E-state index in [1.165, 1.54) is 11.1 Å². The number of ether oxygens (including phenoxy) is 1. The van der Waals surface area contributed by atoms with Gasteiger partial charge in [-0.15, -0.1) is 0 Å². The molecule has 5 aliphatic rings. The number of hydrogen-bond acceptors (Lipinski definition) is 12. The van der Waals surface area contributed by atoms with Crippen molar-refractivity contribution in [2.24, 2.45) is 5.92 Å². The minimum absolute atomic E-state index is 0.0434. The minimum Gasteiger partial charge on any atom is -0.492 e. The van der Waals surface area contributed by atoms with Crippen molar-refractivity contribution in [2.75, 3.05) is 77.0 Å². The smallest absolute Gasteiger partial charge is 0.255 e. The number of amides is 5. The Kier molecular flexibility index (Phi) is 13.7. The number of pyridine rings is 2. The number of rotatable bonds is 13. The number of halogens is 2.